The van der Waals surface area contributed by atoms with E-state index >= 15 is 0 Å². The number of amides is 1. The highest BCUT2D eigenvalue weighted by Crippen LogP contribution is 2.31. The lowest BCUT2D eigenvalue weighted by molar-refractivity contribution is -0.129. The molecule has 3 nitrogen and oxygen atoms in total. The lowest BCUT2D eigenvalue weighted by atomic mass is 9.82. The van der Waals surface area contributed by atoms with E-state index in [0.717, 1.165) is 6.54 Å². The second kappa shape index (κ2) is 5.02. The highest BCUT2D eigenvalue weighted by Gasteiger charge is 2.34. The molecule has 1 aromatic heterocycles. The third-order valence-corrected chi connectivity index (χ3v) is 4.59. The summed E-state index contributed by atoms with van der Waals surface area (Å²) in [5.41, 5.74) is 1.43. The maximum absolute atomic E-state index is 12.0. The molecule has 18 heavy (non-hydrogen) atoms. The molecule has 1 fully saturated rings. The van der Waals surface area contributed by atoms with Crippen molar-refractivity contribution in [2.24, 2.45) is 11.3 Å². The Hall–Kier alpha value is -0.870. The van der Waals surface area contributed by atoms with Gasteiger partial charge in [-0.05, 0) is 33.7 Å². The molecule has 0 bridgehead atoms. The predicted molar refractivity (Wildman–Crippen MR) is 75.4 cm³/mol. The normalized spacial score (nSPS) is 22.6. The second-order valence-electron chi connectivity index (χ2n) is 6.15. The SMILES string of the molecule is CC(CN1C(=O)CNC1c1ccsc1)C(C)(C)C. The van der Waals surface area contributed by atoms with Gasteiger partial charge in [0.05, 0.1) is 6.54 Å². The molecule has 100 valence electrons. The quantitative estimate of drug-likeness (QED) is 0.912. The maximum atomic E-state index is 12.0. The van der Waals surface area contributed by atoms with Crippen LogP contribution < -0.4 is 5.32 Å². The van der Waals surface area contributed by atoms with Crippen LogP contribution in [0, 0.1) is 11.3 Å². The number of hydrogen-bond acceptors (Lipinski definition) is 3. The highest BCUT2D eigenvalue weighted by molar-refractivity contribution is 7.07. The van der Waals surface area contributed by atoms with Crippen molar-refractivity contribution in [2.45, 2.75) is 33.9 Å². The van der Waals surface area contributed by atoms with Crippen molar-refractivity contribution in [2.75, 3.05) is 13.1 Å². The van der Waals surface area contributed by atoms with Crippen LogP contribution in [0.1, 0.15) is 39.4 Å². The standard InChI is InChI=1S/C14H22N2OS/c1-10(14(2,3)4)8-16-12(17)7-15-13(16)11-5-6-18-9-11/h5-6,9-10,13,15H,7-8H2,1-4H3. The number of nitrogens with zero attached hydrogens (tertiary/aromatic N) is 1. The van der Waals surface area contributed by atoms with E-state index in [1.54, 1.807) is 11.3 Å². The van der Waals surface area contributed by atoms with Gasteiger partial charge in [0.25, 0.3) is 0 Å². The first-order valence-electron chi connectivity index (χ1n) is 6.44. The molecule has 0 radical (unpaired) electrons. The Morgan fingerprint density at radius 1 is 1.56 bits per heavy atom. The van der Waals surface area contributed by atoms with Crippen molar-refractivity contribution in [3.8, 4) is 0 Å². The summed E-state index contributed by atoms with van der Waals surface area (Å²) in [5.74, 6) is 0.685. The number of thiophene rings is 1. The minimum atomic E-state index is 0.0635. The van der Waals surface area contributed by atoms with Gasteiger partial charge in [-0.25, -0.2) is 0 Å². The van der Waals surface area contributed by atoms with Gasteiger partial charge in [-0.2, -0.15) is 11.3 Å². The molecule has 4 heteroatoms. The van der Waals surface area contributed by atoms with Crippen molar-refractivity contribution in [1.29, 1.82) is 0 Å². The molecule has 1 aromatic rings. The number of carbonyl (C=O) groups excluding carboxylic acids is 1. The minimum absolute atomic E-state index is 0.0635. The Labute approximate surface area is 113 Å². The number of nitrogens with one attached hydrogen (secondary N) is 1. The van der Waals surface area contributed by atoms with Gasteiger partial charge < -0.3 is 4.90 Å². The Morgan fingerprint density at radius 3 is 2.83 bits per heavy atom. The molecule has 2 rings (SSSR count). The smallest absolute Gasteiger partial charge is 0.238 e. The summed E-state index contributed by atoms with van der Waals surface area (Å²) in [6, 6.07) is 2.09. The molecule has 0 aromatic carbocycles. The molecular formula is C14H22N2OS. The molecule has 1 N–H and O–H groups in total. The molecule has 0 aliphatic carbocycles. The van der Waals surface area contributed by atoms with E-state index < -0.39 is 0 Å². The molecular weight excluding hydrogens is 244 g/mol. The van der Waals surface area contributed by atoms with Crippen LogP contribution in [0.4, 0.5) is 0 Å². The fraction of sp³-hybridized carbons (Fsp3) is 0.643. The first-order chi connectivity index (χ1) is 8.39. The maximum Gasteiger partial charge on any atom is 0.238 e. The van der Waals surface area contributed by atoms with E-state index in [4.69, 9.17) is 0 Å². The monoisotopic (exact) mass is 266 g/mol. The van der Waals surface area contributed by atoms with Gasteiger partial charge in [-0.15, -0.1) is 0 Å². The Bertz CT molecular complexity index is 408. The van der Waals surface area contributed by atoms with Gasteiger partial charge in [-0.3, -0.25) is 10.1 Å². The molecule has 2 unspecified atom stereocenters. The molecule has 2 atom stereocenters. The van der Waals surface area contributed by atoms with Crippen molar-refractivity contribution < 1.29 is 4.79 Å². The summed E-state index contributed by atoms with van der Waals surface area (Å²) in [5, 5.41) is 7.48. The summed E-state index contributed by atoms with van der Waals surface area (Å²) in [6.45, 7) is 10.2. The molecule has 1 amide bonds. The molecule has 1 aliphatic heterocycles. The van der Waals surface area contributed by atoms with Gasteiger partial charge in [0.1, 0.15) is 6.17 Å². The lowest BCUT2D eigenvalue weighted by Crippen LogP contribution is -2.37. The summed E-state index contributed by atoms with van der Waals surface area (Å²) in [4.78, 5) is 14.0. The number of carbonyl (C=O) groups is 1. The fourth-order valence-corrected chi connectivity index (χ4v) is 2.72. The van der Waals surface area contributed by atoms with Gasteiger partial charge >= 0.3 is 0 Å². The topological polar surface area (TPSA) is 32.3 Å². The zero-order chi connectivity index (χ0) is 13.3. The summed E-state index contributed by atoms with van der Waals surface area (Å²) >= 11 is 1.68. The van der Waals surface area contributed by atoms with Crippen LogP contribution in [0.3, 0.4) is 0 Å². The van der Waals surface area contributed by atoms with Crippen LogP contribution in [-0.4, -0.2) is 23.9 Å². The van der Waals surface area contributed by atoms with Crippen molar-refractivity contribution in [3.63, 3.8) is 0 Å². The van der Waals surface area contributed by atoms with Crippen molar-refractivity contribution in [1.82, 2.24) is 10.2 Å². The Kier molecular flexibility index (Phi) is 3.78. The summed E-state index contributed by atoms with van der Waals surface area (Å²) < 4.78 is 0. The first kappa shape index (κ1) is 13.6. The molecule has 0 spiro atoms. The van der Waals surface area contributed by atoms with Crippen molar-refractivity contribution in [3.05, 3.63) is 22.4 Å². The van der Waals surface area contributed by atoms with Crippen LogP contribution in [0.25, 0.3) is 0 Å². The second-order valence-corrected chi connectivity index (χ2v) is 6.93. The largest absolute Gasteiger partial charge is 0.321 e. The fourth-order valence-electron chi connectivity index (χ4n) is 2.04. The average Bonchev–Trinajstić information content (AvgIpc) is 2.88. The van der Waals surface area contributed by atoms with Gasteiger partial charge in [0.2, 0.25) is 5.91 Å². The van der Waals surface area contributed by atoms with E-state index in [1.165, 1.54) is 5.56 Å². The van der Waals surface area contributed by atoms with Crippen LogP contribution in [-0.2, 0) is 4.79 Å². The summed E-state index contributed by atoms with van der Waals surface area (Å²) in [7, 11) is 0. The first-order valence-corrected chi connectivity index (χ1v) is 7.39. The van der Waals surface area contributed by atoms with Crippen LogP contribution in [0.15, 0.2) is 16.8 Å². The number of hydrogen-bond donors (Lipinski definition) is 1. The van der Waals surface area contributed by atoms with Crippen LogP contribution >= 0.6 is 11.3 Å². The minimum Gasteiger partial charge on any atom is -0.321 e. The third-order valence-electron chi connectivity index (χ3n) is 3.89. The van der Waals surface area contributed by atoms with Gasteiger partial charge in [0, 0.05) is 6.54 Å². The van der Waals surface area contributed by atoms with E-state index in [1.807, 2.05) is 4.90 Å². The lowest BCUT2D eigenvalue weighted by Gasteiger charge is -2.33. The highest BCUT2D eigenvalue weighted by atomic mass is 32.1. The third kappa shape index (κ3) is 2.75. The number of rotatable bonds is 3. The Morgan fingerprint density at radius 2 is 2.28 bits per heavy atom. The Balaban J connectivity index is 2.11. The molecule has 2 heterocycles. The zero-order valence-corrected chi connectivity index (χ0v) is 12.4. The molecule has 1 saturated heterocycles. The van der Waals surface area contributed by atoms with E-state index in [9.17, 15) is 4.79 Å². The molecule has 0 saturated carbocycles. The van der Waals surface area contributed by atoms with Crippen molar-refractivity contribution >= 4 is 17.2 Å². The van der Waals surface area contributed by atoms with Gasteiger partial charge in [0.15, 0.2) is 0 Å². The van der Waals surface area contributed by atoms with E-state index in [0.29, 0.717) is 12.5 Å². The average molecular weight is 266 g/mol. The van der Waals surface area contributed by atoms with Gasteiger partial charge in [-0.1, -0.05) is 27.7 Å². The predicted octanol–water partition coefficient (Wildman–Crippen LogP) is 2.86. The van der Waals surface area contributed by atoms with Crippen LogP contribution in [0.5, 0.6) is 0 Å². The summed E-state index contributed by atoms with van der Waals surface area (Å²) in [6.07, 6.45) is 0.0635. The zero-order valence-electron chi connectivity index (χ0n) is 11.6. The van der Waals surface area contributed by atoms with E-state index in [-0.39, 0.29) is 17.5 Å². The molecule has 1 aliphatic rings. The van der Waals surface area contributed by atoms with Crippen LogP contribution in [0.2, 0.25) is 0 Å². The van der Waals surface area contributed by atoms with E-state index in [2.05, 4.69) is 49.8 Å².